The Bertz CT molecular complexity index is 1060. The second kappa shape index (κ2) is 8.31. The zero-order valence-corrected chi connectivity index (χ0v) is 16.9. The number of anilines is 3. The molecule has 3 rings (SSSR count). The number of aromatic nitrogens is 1. The highest BCUT2D eigenvalue weighted by Crippen LogP contribution is 2.27. The lowest BCUT2D eigenvalue weighted by Crippen LogP contribution is -2.13. The normalized spacial score (nSPS) is 11.1. The predicted molar refractivity (Wildman–Crippen MR) is 112 cm³/mol. The fourth-order valence-corrected chi connectivity index (χ4v) is 3.74. The first-order chi connectivity index (χ1) is 13.4. The molecule has 7 heteroatoms. The van der Waals surface area contributed by atoms with Crippen LogP contribution in [0.3, 0.4) is 0 Å². The SMILES string of the molecule is CCOc1ccccc1Nc1ccc(NS(=O)(=O)c2ccc(C)c(C)c2)cn1. The molecule has 1 aromatic heterocycles. The van der Waals surface area contributed by atoms with Gasteiger partial charge in [-0.1, -0.05) is 18.2 Å². The molecule has 0 saturated heterocycles. The predicted octanol–water partition coefficient (Wildman–Crippen LogP) is 4.64. The first kappa shape index (κ1) is 19.7. The molecule has 0 spiro atoms. The van der Waals surface area contributed by atoms with Crippen molar-refractivity contribution < 1.29 is 13.2 Å². The number of nitrogens with zero attached hydrogens (tertiary/aromatic N) is 1. The molecule has 2 aromatic carbocycles. The summed E-state index contributed by atoms with van der Waals surface area (Å²) in [6.07, 6.45) is 1.48. The Balaban J connectivity index is 1.75. The molecular formula is C21H23N3O3S. The van der Waals surface area contributed by atoms with E-state index >= 15 is 0 Å². The second-order valence-electron chi connectivity index (χ2n) is 6.34. The molecule has 0 saturated carbocycles. The summed E-state index contributed by atoms with van der Waals surface area (Å²) in [6, 6.07) is 16.0. The Kier molecular flexibility index (Phi) is 5.84. The van der Waals surface area contributed by atoms with Crippen LogP contribution in [-0.4, -0.2) is 20.0 Å². The highest BCUT2D eigenvalue weighted by molar-refractivity contribution is 7.92. The van der Waals surface area contributed by atoms with Crippen LogP contribution in [0.2, 0.25) is 0 Å². The summed E-state index contributed by atoms with van der Waals surface area (Å²) in [5.74, 6) is 1.31. The fourth-order valence-electron chi connectivity index (χ4n) is 2.61. The van der Waals surface area contributed by atoms with E-state index in [1.807, 2.05) is 45.0 Å². The smallest absolute Gasteiger partial charge is 0.261 e. The number of para-hydroxylation sites is 2. The molecule has 0 radical (unpaired) electrons. The van der Waals surface area contributed by atoms with Gasteiger partial charge in [0.15, 0.2) is 0 Å². The van der Waals surface area contributed by atoms with E-state index in [0.717, 1.165) is 22.6 Å². The molecule has 2 N–H and O–H groups in total. The van der Waals surface area contributed by atoms with E-state index in [2.05, 4.69) is 15.0 Å². The van der Waals surface area contributed by atoms with Crippen LogP contribution in [0.25, 0.3) is 0 Å². The van der Waals surface area contributed by atoms with Gasteiger partial charge in [-0.3, -0.25) is 4.72 Å². The van der Waals surface area contributed by atoms with Crippen molar-refractivity contribution in [1.82, 2.24) is 4.98 Å². The summed E-state index contributed by atoms with van der Waals surface area (Å²) in [5, 5.41) is 3.18. The first-order valence-electron chi connectivity index (χ1n) is 8.94. The number of pyridine rings is 1. The maximum atomic E-state index is 12.6. The topological polar surface area (TPSA) is 80.3 Å². The van der Waals surface area contributed by atoms with Gasteiger partial charge in [0.2, 0.25) is 0 Å². The van der Waals surface area contributed by atoms with Crippen molar-refractivity contribution in [3.05, 3.63) is 71.9 Å². The number of benzene rings is 2. The van der Waals surface area contributed by atoms with Crippen molar-refractivity contribution in [1.29, 1.82) is 0 Å². The minimum absolute atomic E-state index is 0.225. The van der Waals surface area contributed by atoms with E-state index in [0.29, 0.717) is 18.1 Å². The minimum atomic E-state index is -3.67. The maximum absolute atomic E-state index is 12.6. The molecule has 1 heterocycles. The van der Waals surface area contributed by atoms with Gasteiger partial charge in [-0.05, 0) is 68.3 Å². The van der Waals surface area contributed by atoms with Crippen molar-refractivity contribution in [3.8, 4) is 5.75 Å². The fraction of sp³-hybridized carbons (Fsp3) is 0.190. The summed E-state index contributed by atoms with van der Waals surface area (Å²) in [6.45, 7) is 6.31. The van der Waals surface area contributed by atoms with Crippen molar-refractivity contribution in [2.75, 3.05) is 16.6 Å². The van der Waals surface area contributed by atoms with Crippen molar-refractivity contribution in [2.24, 2.45) is 0 Å². The van der Waals surface area contributed by atoms with E-state index in [4.69, 9.17) is 4.74 Å². The summed E-state index contributed by atoms with van der Waals surface area (Å²) in [7, 11) is -3.67. The third-order valence-electron chi connectivity index (χ3n) is 4.25. The Labute approximate surface area is 165 Å². The molecule has 3 aromatic rings. The molecule has 146 valence electrons. The molecule has 28 heavy (non-hydrogen) atoms. The van der Waals surface area contributed by atoms with E-state index in [1.165, 1.54) is 6.20 Å². The minimum Gasteiger partial charge on any atom is -0.492 e. The Morgan fingerprint density at radius 1 is 1.00 bits per heavy atom. The van der Waals surface area contributed by atoms with Crippen molar-refractivity contribution in [3.63, 3.8) is 0 Å². The number of sulfonamides is 1. The zero-order valence-electron chi connectivity index (χ0n) is 16.1. The summed E-state index contributed by atoms with van der Waals surface area (Å²) >= 11 is 0. The van der Waals surface area contributed by atoms with Gasteiger partial charge >= 0.3 is 0 Å². The van der Waals surface area contributed by atoms with Gasteiger partial charge in [-0.25, -0.2) is 13.4 Å². The van der Waals surface area contributed by atoms with Gasteiger partial charge < -0.3 is 10.1 Å². The largest absolute Gasteiger partial charge is 0.492 e. The van der Waals surface area contributed by atoms with Gasteiger partial charge in [0.25, 0.3) is 10.0 Å². The van der Waals surface area contributed by atoms with Gasteiger partial charge in [0.1, 0.15) is 11.6 Å². The second-order valence-corrected chi connectivity index (χ2v) is 8.02. The van der Waals surface area contributed by atoms with Crippen molar-refractivity contribution >= 4 is 27.2 Å². The van der Waals surface area contributed by atoms with Crippen LogP contribution in [0.4, 0.5) is 17.2 Å². The molecule has 0 aliphatic rings. The maximum Gasteiger partial charge on any atom is 0.261 e. The lowest BCUT2D eigenvalue weighted by molar-refractivity contribution is 0.342. The van der Waals surface area contributed by atoms with E-state index in [-0.39, 0.29) is 4.90 Å². The molecule has 0 aliphatic carbocycles. The number of rotatable bonds is 7. The van der Waals surface area contributed by atoms with Crippen molar-refractivity contribution in [2.45, 2.75) is 25.7 Å². The van der Waals surface area contributed by atoms with E-state index in [1.54, 1.807) is 30.3 Å². The van der Waals surface area contributed by atoms with E-state index in [9.17, 15) is 8.42 Å². The Morgan fingerprint density at radius 2 is 1.79 bits per heavy atom. The molecule has 0 aliphatic heterocycles. The average molecular weight is 398 g/mol. The van der Waals surface area contributed by atoms with Crippen LogP contribution in [0.15, 0.2) is 65.7 Å². The van der Waals surface area contributed by atoms with Gasteiger partial charge in [-0.2, -0.15) is 0 Å². The van der Waals surface area contributed by atoms with Crippen LogP contribution in [-0.2, 0) is 10.0 Å². The molecule has 0 amide bonds. The van der Waals surface area contributed by atoms with Crippen LogP contribution in [0.5, 0.6) is 5.75 Å². The molecule has 0 unspecified atom stereocenters. The molecule has 6 nitrogen and oxygen atoms in total. The molecular weight excluding hydrogens is 374 g/mol. The van der Waals surface area contributed by atoms with Crippen LogP contribution in [0, 0.1) is 13.8 Å². The van der Waals surface area contributed by atoms with Crippen LogP contribution < -0.4 is 14.8 Å². The number of hydrogen-bond acceptors (Lipinski definition) is 5. The number of ether oxygens (including phenoxy) is 1. The lowest BCUT2D eigenvalue weighted by atomic mass is 10.1. The first-order valence-corrected chi connectivity index (χ1v) is 10.4. The summed E-state index contributed by atoms with van der Waals surface area (Å²) < 4.78 is 33.3. The summed E-state index contributed by atoms with van der Waals surface area (Å²) in [5.41, 5.74) is 3.15. The third kappa shape index (κ3) is 4.61. The highest BCUT2D eigenvalue weighted by atomic mass is 32.2. The standard InChI is InChI=1S/C21H23N3O3S/c1-4-27-20-8-6-5-7-19(20)23-21-12-10-17(14-22-21)24-28(25,26)18-11-9-15(2)16(3)13-18/h5-14,24H,4H2,1-3H3,(H,22,23). The number of hydrogen-bond donors (Lipinski definition) is 2. The Hall–Kier alpha value is -3.06. The number of nitrogens with one attached hydrogen (secondary N) is 2. The lowest BCUT2D eigenvalue weighted by Gasteiger charge is -2.12. The molecule has 0 bridgehead atoms. The van der Waals surface area contributed by atoms with Gasteiger partial charge in [0.05, 0.1) is 29.1 Å². The molecule has 0 fully saturated rings. The quantitative estimate of drug-likeness (QED) is 0.607. The van der Waals surface area contributed by atoms with E-state index < -0.39 is 10.0 Å². The van der Waals surface area contributed by atoms with Gasteiger partial charge in [-0.15, -0.1) is 0 Å². The molecule has 0 atom stereocenters. The van der Waals surface area contributed by atoms with Crippen LogP contribution in [0.1, 0.15) is 18.1 Å². The third-order valence-corrected chi connectivity index (χ3v) is 5.63. The Morgan fingerprint density at radius 3 is 2.46 bits per heavy atom. The number of aryl methyl sites for hydroxylation is 2. The average Bonchev–Trinajstić information content (AvgIpc) is 2.67. The monoisotopic (exact) mass is 397 g/mol. The van der Waals surface area contributed by atoms with Gasteiger partial charge in [0, 0.05) is 0 Å². The zero-order chi connectivity index (χ0) is 20.1. The highest BCUT2D eigenvalue weighted by Gasteiger charge is 2.15. The summed E-state index contributed by atoms with van der Waals surface area (Å²) in [4.78, 5) is 4.52. The van der Waals surface area contributed by atoms with Crippen LogP contribution >= 0.6 is 0 Å².